The summed E-state index contributed by atoms with van der Waals surface area (Å²) in [5.41, 5.74) is 14.4. The molecule has 0 aliphatic rings. The minimum Gasteiger partial charge on any atom is -0.507 e. The average molecular weight is 473 g/mol. The van der Waals surface area contributed by atoms with E-state index < -0.39 is 11.9 Å². The Hall–Kier alpha value is -4.86. The Morgan fingerprint density at radius 2 is 1.69 bits per heavy atom. The van der Waals surface area contributed by atoms with Gasteiger partial charge in [0.1, 0.15) is 23.2 Å². The smallest absolute Gasteiger partial charge is 0.309 e. The van der Waals surface area contributed by atoms with Gasteiger partial charge in [-0.3, -0.25) is 15.0 Å². The summed E-state index contributed by atoms with van der Waals surface area (Å²) in [4.78, 5) is 31.1. The molecule has 0 aliphatic heterocycles. The van der Waals surface area contributed by atoms with E-state index in [9.17, 15) is 19.8 Å². The maximum Gasteiger partial charge on any atom is 0.309 e. The molecule has 0 saturated carbocycles. The number of nitrogen functional groups attached to an aromatic ring is 1. The molecule has 0 unspecified atom stereocenters. The van der Waals surface area contributed by atoms with Crippen LogP contribution < -0.4 is 11.5 Å². The van der Waals surface area contributed by atoms with E-state index in [1.807, 2.05) is 0 Å². The first-order valence-corrected chi connectivity index (χ1v) is 10.5. The van der Waals surface area contributed by atoms with Gasteiger partial charge in [-0.15, -0.1) is 0 Å². The molecule has 4 aromatic rings. The second-order valence-electron chi connectivity index (χ2n) is 8.02. The maximum absolute atomic E-state index is 12.0. The fourth-order valence-electron chi connectivity index (χ4n) is 3.83. The Balaban J connectivity index is 1.92. The van der Waals surface area contributed by atoms with Crippen molar-refractivity contribution < 1.29 is 24.5 Å². The van der Waals surface area contributed by atoms with Gasteiger partial charge in [0.25, 0.3) is 0 Å². The van der Waals surface area contributed by atoms with E-state index >= 15 is 0 Å². The summed E-state index contributed by atoms with van der Waals surface area (Å²) in [5, 5.41) is 29.4. The molecule has 0 radical (unpaired) electrons. The Morgan fingerprint density at radius 1 is 0.971 bits per heavy atom. The number of nitrogens with zero attached hydrogens (tertiary/aromatic N) is 1. The molecule has 10 heteroatoms. The van der Waals surface area contributed by atoms with Gasteiger partial charge in [-0.05, 0) is 53.6 Å². The van der Waals surface area contributed by atoms with Crippen molar-refractivity contribution in [3.63, 3.8) is 0 Å². The Morgan fingerprint density at radius 3 is 2.37 bits per heavy atom. The van der Waals surface area contributed by atoms with Gasteiger partial charge < -0.3 is 31.4 Å². The summed E-state index contributed by atoms with van der Waals surface area (Å²) < 4.78 is 4.79. The Bertz CT molecular complexity index is 1490. The lowest BCUT2D eigenvalue weighted by molar-refractivity contribution is -0.139. The summed E-state index contributed by atoms with van der Waals surface area (Å²) in [6.45, 7) is 0. The van der Waals surface area contributed by atoms with Crippen molar-refractivity contribution in [3.05, 3.63) is 65.2 Å². The second-order valence-corrected chi connectivity index (χ2v) is 8.02. The molecule has 0 fully saturated rings. The minimum absolute atomic E-state index is 0.0508. The minimum atomic E-state index is -0.543. The summed E-state index contributed by atoms with van der Waals surface area (Å²) in [6, 6.07) is 12.7. The van der Waals surface area contributed by atoms with Crippen LogP contribution >= 0.6 is 0 Å². The summed E-state index contributed by atoms with van der Waals surface area (Å²) in [6.07, 6.45) is -0.141. The van der Waals surface area contributed by atoms with Crippen LogP contribution in [0.4, 0.5) is 0 Å². The fourth-order valence-corrected chi connectivity index (χ4v) is 3.83. The number of hydrogen-bond donors (Lipinski definition) is 6. The van der Waals surface area contributed by atoms with Crippen molar-refractivity contribution in [2.24, 2.45) is 11.5 Å². The predicted molar refractivity (Wildman–Crippen MR) is 130 cm³/mol. The highest BCUT2D eigenvalue weighted by Gasteiger charge is 2.20. The van der Waals surface area contributed by atoms with Crippen LogP contribution in [0.3, 0.4) is 0 Å². The number of imidazole rings is 1. The molecule has 0 saturated heterocycles. The van der Waals surface area contributed by atoms with Crippen LogP contribution in [-0.2, 0) is 27.2 Å². The third-order valence-electron chi connectivity index (χ3n) is 5.52. The topological polar surface area (TPSA) is 188 Å². The highest BCUT2D eigenvalue weighted by atomic mass is 16.5. The first-order chi connectivity index (χ1) is 16.7. The molecule has 1 amide bonds. The zero-order chi connectivity index (χ0) is 25.3. The number of methoxy groups -OCH3 is 1. The number of carbonyl (C=O) groups excluding carboxylic acids is 2. The number of phenols is 2. The molecule has 0 aliphatic carbocycles. The fraction of sp³-hybridized carbons (Fsp3) is 0.120. The number of primary amides is 1. The number of rotatable bonds is 7. The van der Waals surface area contributed by atoms with Crippen LogP contribution in [0.5, 0.6) is 11.5 Å². The number of nitrogens with two attached hydrogens (primary N) is 2. The quantitative estimate of drug-likeness (QED) is 0.135. The number of esters is 1. The monoisotopic (exact) mass is 473 g/mol. The summed E-state index contributed by atoms with van der Waals surface area (Å²) in [7, 11) is 1.27. The molecule has 0 spiro atoms. The van der Waals surface area contributed by atoms with Crippen molar-refractivity contribution in [1.29, 1.82) is 5.41 Å². The molecule has 0 bridgehead atoms. The number of benzene rings is 3. The number of aromatic amines is 1. The second kappa shape index (κ2) is 9.18. The maximum atomic E-state index is 12.0. The molecule has 3 aromatic carbocycles. The normalized spacial score (nSPS) is 10.9. The number of ether oxygens (including phenoxy) is 1. The molecular weight excluding hydrogens is 450 g/mol. The number of amidine groups is 1. The number of hydrogen-bond acceptors (Lipinski definition) is 7. The molecule has 4 rings (SSSR count). The van der Waals surface area contributed by atoms with Crippen LogP contribution in [-0.4, -0.2) is 45.0 Å². The van der Waals surface area contributed by atoms with Gasteiger partial charge in [0.15, 0.2) is 0 Å². The lowest BCUT2D eigenvalue weighted by Gasteiger charge is -2.14. The first-order valence-electron chi connectivity index (χ1n) is 10.5. The van der Waals surface area contributed by atoms with Crippen LogP contribution in [0.25, 0.3) is 33.5 Å². The Labute approximate surface area is 199 Å². The van der Waals surface area contributed by atoms with Gasteiger partial charge in [-0.25, -0.2) is 4.98 Å². The lowest BCUT2D eigenvalue weighted by atomic mass is 9.94. The molecule has 0 atom stereocenters. The molecule has 1 heterocycles. The van der Waals surface area contributed by atoms with E-state index in [1.54, 1.807) is 42.5 Å². The first kappa shape index (κ1) is 23.3. The van der Waals surface area contributed by atoms with E-state index in [1.165, 1.54) is 13.2 Å². The number of fused-ring (bicyclic) bond motifs is 1. The molecule has 35 heavy (non-hydrogen) atoms. The van der Waals surface area contributed by atoms with Crippen LogP contribution in [0, 0.1) is 5.41 Å². The van der Waals surface area contributed by atoms with Crippen molar-refractivity contribution in [2.75, 3.05) is 7.11 Å². The van der Waals surface area contributed by atoms with Gasteiger partial charge >= 0.3 is 5.97 Å². The molecular formula is C25H23N5O5. The van der Waals surface area contributed by atoms with Crippen molar-refractivity contribution in [2.45, 2.75) is 12.8 Å². The van der Waals surface area contributed by atoms with E-state index in [0.29, 0.717) is 33.5 Å². The van der Waals surface area contributed by atoms with E-state index in [2.05, 4.69) is 9.97 Å². The summed E-state index contributed by atoms with van der Waals surface area (Å²) >= 11 is 0. The SMILES string of the molecule is COC(=O)Cc1cc(-c2nc3cc(C(=N)N)ccc3[nH]2)c(O)c(-c2cc(CC(N)=O)ccc2O)c1. The molecule has 1 aromatic heterocycles. The third kappa shape index (κ3) is 4.76. The molecule has 178 valence electrons. The Kier molecular flexibility index (Phi) is 6.11. The number of H-pyrrole nitrogens is 1. The van der Waals surface area contributed by atoms with Crippen LogP contribution in [0.2, 0.25) is 0 Å². The highest BCUT2D eigenvalue weighted by Crippen LogP contribution is 2.42. The number of nitrogens with one attached hydrogen (secondary N) is 2. The summed E-state index contributed by atoms with van der Waals surface area (Å²) in [5.74, 6) is -1.17. The number of phenolic OH excluding ortho intramolecular Hbond substituents is 2. The van der Waals surface area contributed by atoms with Crippen molar-refractivity contribution >= 4 is 28.7 Å². The van der Waals surface area contributed by atoms with Crippen LogP contribution in [0.1, 0.15) is 16.7 Å². The van der Waals surface area contributed by atoms with Gasteiger partial charge in [0.05, 0.1) is 36.5 Å². The standard InChI is InChI=1S/C25H23N5O5/c1-35-22(33)10-13-7-16(15-6-12(9-21(26)32)2-5-20(15)31)23(34)17(8-13)25-29-18-4-3-14(24(27)28)11-19(18)30-25/h2-8,11,31,34H,9-10H2,1H3,(H2,26,32)(H3,27,28)(H,29,30). The number of carbonyl (C=O) groups is 2. The zero-order valence-electron chi connectivity index (χ0n) is 18.8. The number of aromatic hydroxyl groups is 2. The third-order valence-corrected chi connectivity index (χ3v) is 5.52. The zero-order valence-corrected chi connectivity index (χ0v) is 18.8. The number of aromatic nitrogens is 2. The molecule has 8 N–H and O–H groups in total. The predicted octanol–water partition coefficient (Wildman–Crippen LogP) is 2.34. The van der Waals surface area contributed by atoms with E-state index in [4.69, 9.17) is 21.6 Å². The van der Waals surface area contributed by atoms with Crippen molar-refractivity contribution in [1.82, 2.24) is 9.97 Å². The largest absolute Gasteiger partial charge is 0.507 e. The highest BCUT2D eigenvalue weighted by molar-refractivity contribution is 5.98. The van der Waals surface area contributed by atoms with Crippen LogP contribution in [0.15, 0.2) is 48.5 Å². The van der Waals surface area contributed by atoms with E-state index in [0.717, 1.165) is 0 Å². The van der Waals surface area contributed by atoms with Gasteiger partial charge in [-0.1, -0.05) is 6.07 Å². The van der Waals surface area contributed by atoms with E-state index in [-0.39, 0.29) is 46.9 Å². The van der Waals surface area contributed by atoms with Crippen molar-refractivity contribution in [3.8, 4) is 34.0 Å². The average Bonchev–Trinajstić information content (AvgIpc) is 3.24. The lowest BCUT2D eigenvalue weighted by Crippen LogP contribution is -2.13. The molecule has 10 nitrogen and oxygen atoms in total. The van der Waals surface area contributed by atoms with Gasteiger partial charge in [-0.2, -0.15) is 0 Å². The van der Waals surface area contributed by atoms with Gasteiger partial charge in [0.2, 0.25) is 5.91 Å². The number of amides is 1. The van der Waals surface area contributed by atoms with Gasteiger partial charge in [0, 0.05) is 16.7 Å².